The second-order valence-electron chi connectivity index (χ2n) is 11.1. The van der Waals surface area contributed by atoms with Crippen molar-refractivity contribution >= 4 is 50.1 Å². The number of sulfonamides is 1. The van der Waals surface area contributed by atoms with Gasteiger partial charge in [0.15, 0.2) is 0 Å². The molecule has 2 aromatic rings. The summed E-state index contributed by atoms with van der Waals surface area (Å²) in [5.74, 6) is -1.55. The lowest BCUT2D eigenvalue weighted by atomic mass is 10.0. The van der Waals surface area contributed by atoms with E-state index in [1.807, 2.05) is 18.7 Å². The molecule has 4 rings (SSSR count). The highest BCUT2D eigenvalue weighted by Crippen LogP contribution is 2.38. The molecule has 1 atom stereocenters. The van der Waals surface area contributed by atoms with Crippen LogP contribution in [-0.2, 0) is 37.3 Å². The Kier molecular flexibility index (Phi) is 11.2. The SMILES string of the molecule is CCCN(CCC)C(=O)c1c(NC(=O)c2ccc(S(=O)(=O)N3CCCC(C(=O)OCC)C3)cc2)sc2c1CCN(C(C)=O)C2. The van der Waals surface area contributed by atoms with Gasteiger partial charge in [0.2, 0.25) is 15.9 Å². The maximum Gasteiger partial charge on any atom is 0.310 e. The van der Waals surface area contributed by atoms with E-state index in [2.05, 4.69) is 5.32 Å². The van der Waals surface area contributed by atoms with E-state index in [0.717, 1.165) is 23.3 Å². The number of ether oxygens (including phenoxy) is 1. The number of fused-ring (bicyclic) bond motifs is 1. The minimum atomic E-state index is -3.88. The van der Waals surface area contributed by atoms with E-state index < -0.39 is 27.8 Å². The summed E-state index contributed by atoms with van der Waals surface area (Å²) in [6.07, 6.45) is 3.24. The lowest BCUT2D eigenvalue weighted by Gasteiger charge is -2.30. The van der Waals surface area contributed by atoms with Crippen molar-refractivity contribution in [2.45, 2.75) is 71.2 Å². The lowest BCUT2D eigenvalue weighted by molar-refractivity contribution is -0.149. The van der Waals surface area contributed by atoms with Crippen LogP contribution in [0.2, 0.25) is 0 Å². The zero-order valence-electron chi connectivity index (χ0n) is 25.9. The van der Waals surface area contributed by atoms with E-state index in [1.54, 1.807) is 11.8 Å². The molecule has 1 saturated heterocycles. The Hall–Kier alpha value is -3.29. The second kappa shape index (κ2) is 14.7. The number of benzene rings is 1. The maximum atomic E-state index is 13.8. The number of thiophene rings is 1. The molecule has 2 aliphatic heterocycles. The van der Waals surface area contributed by atoms with Gasteiger partial charge >= 0.3 is 5.97 Å². The molecule has 0 bridgehead atoms. The van der Waals surface area contributed by atoms with Gasteiger partial charge in [-0.25, -0.2) is 8.42 Å². The molecule has 1 unspecified atom stereocenters. The van der Waals surface area contributed by atoms with Gasteiger partial charge < -0.3 is 19.9 Å². The van der Waals surface area contributed by atoms with E-state index in [9.17, 15) is 27.6 Å². The highest BCUT2D eigenvalue weighted by Gasteiger charge is 2.35. The molecule has 0 aliphatic carbocycles. The predicted octanol–water partition coefficient (Wildman–Crippen LogP) is 4.13. The Morgan fingerprint density at radius 1 is 1.05 bits per heavy atom. The maximum absolute atomic E-state index is 13.8. The summed E-state index contributed by atoms with van der Waals surface area (Å²) >= 11 is 1.31. The molecule has 3 heterocycles. The fourth-order valence-electron chi connectivity index (χ4n) is 5.72. The number of hydrogen-bond acceptors (Lipinski definition) is 8. The number of rotatable bonds is 11. The molecular formula is C31H42N4O7S2. The largest absolute Gasteiger partial charge is 0.466 e. The van der Waals surface area contributed by atoms with Crippen LogP contribution in [0.5, 0.6) is 0 Å². The number of anilines is 1. The number of nitrogens with one attached hydrogen (secondary N) is 1. The third kappa shape index (κ3) is 7.32. The minimum absolute atomic E-state index is 0.0279. The van der Waals surface area contributed by atoms with E-state index in [4.69, 9.17) is 4.74 Å². The first kappa shape index (κ1) is 33.6. The standard InChI is InChI=1S/C31H42N4O7S2/c1-5-15-33(16-6-2)30(38)27-25-14-18-34(21(4)36)20-26(25)43-29(27)32-28(37)22-10-12-24(13-11-22)44(40,41)35-17-8-9-23(19-35)31(39)42-7-3/h10-13,23H,5-9,14-20H2,1-4H3,(H,32,37). The van der Waals surface area contributed by atoms with Gasteiger partial charge in [-0.3, -0.25) is 19.2 Å². The monoisotopic (exact) mass is 646 g/mol. The van der Waals surface area contributed by atoms with E-state index in [1.165, 1.54) is 46.8 Å². The average molecular weight is 647 g/mol. The van der Waals surface area contributed by atoms with E-state index in [0.29, 0.717) is 62.6 Å². The van der Waals surface area contributed by atoms with Gasteiger partial charge in [0.05, 0.1) is 29.5 Å². The molecule has 11 nitrogen and oxygen atoms in total. The average Bonchev–Trinajstić information content (AvgIpc) is 3.37. The lowest BCUT2D eigenvalue weighted by Crippen LogP contribution is -2.42. The summed E-state index contributed by atoms with van der Waals surface area (Å²) in [5, 5.41) is 3.35. The molecule has 2 aliphatic rings. The van der Waals surface area contributed by atoms with Crippen LogP contribution in [-0.4, -0.2) is 85.5 Å². The number of hydrogen-bond donors (Lipinski definition) is 1. The van der Waals surface area contributed by atoms with Crippen molar-refractivity contribution in [2.75, 3.05) is 44.6 Å². The first-order chi connectivity index (χ1) is 21.0. The van der Waals surface area contributed by atoms with Gasteiger partial charge in [-0.15, -0.1) is 11.3 Å². The summed E-state index contributed by atoms with van der Waals surface area (Å²) in [6.45, 7) is 9.93. The first-order valence-corrected chi connectivity index (χ1v) is 17.5. The van der Waals surface area contributed by atoms with Crippen molar-refractivity contribution in [1.29, 1.82) is 0 Å². The fraction of sp³-hybridized carbons (Fsp3) is 0.548. The molecular weight excluding hydrogens is 604 g/mol. The highest BCUT2D eigenvalue weighted by atomic mass is 32.2. The summed E-state index contributed by atoms with van der Waals surface area (Å²) in [4.78, 5) is 56.0. The van der Waals surface area contributed by atoms with Crippen molar-refractivity contribution in [3.8, 4) is 0 Å². The summed E-state index contributed by atoms with van der Waals surface area (Å²) in [5.41, 5.74) is 1.58. The van der Waals surface area contributed by atoms with Crippen molar-refractivity contribution in [1.82, 2.24) is 14.1 Å². The van der Waals surface area contributed by atoms with Crippen LogP contribution in [0.15, 0.2) is 29.2 Å². The van der Waals surface area contributed by atoms with Crippen molar-refractivity contribution in [2.24, 2.45) is 5.92 Å². The number of piperidine rings is 1. The smallest absolute Gasteiger partial charge is 0.310 e. The topological polar surface area (TPSA) is 133 Å². The van der Waals surface area contributed by atoms with Gasteiger partial charge in [-0.05, 0) is 68.9 Å². The van der Waals surface area contributed by atoms with Gasteiger partial charge in [0.1, 0.15) is 5.00 Å². The number of esters is 1. The zero-order valence-corrected chi connectivity index (χ0v) is 27.5. The normalized spacial score (nSPS) is 17.1. The Morgan fingerprint density at radius 3 is 2.34 bits per heavy atom. The van der Waals surface area contributed by atoms with Crippen molar-refractivity contribution in [3.63, 3.8) is 0 Å². The number of amides is 3. The third-order valence-corrected chi connectivity index (χ3v) is 11.0. The van der Waals surface area contributed by atoms with Crippen molar-refractivity contribution < 1.29 is 32.3 Å². The molecule has 0 saturated carbocycles. The molecule has 0 radical (unpaired) electrons. The molecule has 3 amide bonds. The number of nitrogens with zero attached hydrogens (tertiary/aromatic N) is 3. The Balaban J connectivity index is 1.57. The van der Waals surface area contributed by atoms with Gasteiger partial charge in [0.25, 0.3) is 11.8 Å². The van der Waals surface area contributed by atoms with Crippen LogP contribution in [0.3, 0.4) is 0 Å². The van der Waals surface area contributed by atoms with Crippen LogP contribution in [0.1, 0.15) is 84.5 Å². The first-order valence-electron chi connectivity index (χ1n) is 15.3. The van der Waals surface area contributed by atoms with E-state index in [-0.39, 0.29) is 35.4 Å². The molecule has 44 heavy (non-hydrogen) atoms. The quantitative estimate of drug-likeness (QED) is 0.363. The zero-order chi connectivity index (χ0) is 32.0. The molecule has 1 N–H and O–H groups in total. The van der Waals surface area contributed by atoms with Crippen LogP contribution in [0, 0.1) is 5.92 Å². The number of carbonyl (C=O) groups is 4. The van der Waals surface area contributed by atoms with Gasteiger partial charge in [-0.1, -0.05) is 13.8 Å². The van der Waals surface area contributed by atoms with Gasteiger partial charge in [-0.2, -0.15) is 4.31 Å². The highest BCUT2D eigenvalue weighted by molar-refractivity contribution is 7.89. The van der Waals surface area contributed by atoms with Crippen LogP contribution < -0.4 is 5.32 Å². The molecule has 1 fully saturated rings. The summed E-state index contributed by atoms with van der Waals surface area (Å²) in [7, 11) is -3.88. The molecule has 1 aromatic carbocycles. The van der Waals surface area contributed by atoms with Crippen molar-refractivity contribution in [3.05, 3.63) is 45.8 Å². The van der Waals surface area contributed by atoms with Gasteiger partial charge in [0, 0.05) is 50.1 Å². The van der Waals surface area contributed by atoms with Crippen LogP contribution in [0.25, 0.3) is 0 Å². The molecule has 240 valence electrons. The Bertz CT molecular complexity index is 1480. The minimum Gasteiger partial charge on any atom is -0.466 e. The Morgan fingerprint density at radius 2 is 1.73 bits per heavy atom. The second-order valence-corrected chi connectivity index (χ2v) is 14.2. The van der Waals surface area contributed by atoms with E-state index >= 15 is 0 Å². The van der Waals surface area contributed by atoms with Crippen LogP contribution in [0.4, 0.5) is 5.00 Å². The summed E-state index contributed by atoms with van der Waals surface area (Å²) < 4.78 is 33.1. The summed E-state index contributed by atoms with van der Waals surface area (Å²) in [6, 6.07) is 5.67. The Labute approximate surface area is 263 Å². The number of carbonyl (C=O) groups excluding carboxylic acids is 4. The molecule has 13 heteroatoms. The predicted molar refractivity (Wildman–Crippen MR) is 168 cm³/mol. The fourth-order valence-corrected chi connectivity index (χ4v) is 8.49. The molecule has 0 spiro atoms. The molecule has 1 aromatic heterocycles. The third-order valence-electron chi connectivity index (χ3n) is 7.98. The van der Waals surface area contributed by atoms with Crippen LogP contribution >= 0.6 is 11.3 Å².